The second-order valence-corrected chi connectivity index (χ2v) is 6.62. The summed E-state index contributed by atoms with van der Waals surface area (Å²) in [5.41, 5.74) is 2.70. The van der Waals surface area contributed by atoms with Crippen LogP contribution in [0.25, 0.3) is 27.8 Å². The Hall–Kier alpha value is -3.12. The molecule has 27 heavy (non-hydrogen) atoms. The molecule has 2 aromatic carbocycles. The summed E-state index contributed by atoms with van der Waals surface area (Å²) in [6.45, 7) is 1.47. The molecule has 0 aliphatic carbocycles. The Balaban J connectivity index is 1.74. The van der Waals surface area contributed by atoms with Gasteiger partial charge < -0.3 is 14.4 Å². The van der Waals surface area contributed by atoms with Gasteiger partial charge in [0.15, 0.2) is 0 Å². The number of methoxy groups -OCH3 is 1. The number of fused-ring (bicyclic) bond motifs is 2. The Bertz CT molecular complexity index is 1090. The van der Waals surface area contributed by atoms with E-state index in [4.69, 9.17) is 14.5 Å². The number of likely N-dealkylation sites (N-methyl/N-ethyl adjacent to an activating group) is 1. The van der Waals surface area contributed by atoms with Gasteiger partial charge >= 0.3 is 0 Å². The zero-order chi connectivity index (χ0) is 18.8. The summed E-state index contributed by atoms with van der Waals surface area (Å²) in [7, 11) is 5.71. The predicted molar refractivity (Wildman–Crippen MR) is 107 cm³/mol. The van der Waals surface area contributed by atoms with Crippen molar-refractivity contribution < 1.29 is 9.47 Å². The molecular formula is C21H22N4O2. The summed E-state index contributed by atoms with van der Waals surface area (Å²) in [5.74, 6) is 2.39. The first-order valence-corrected chi connectivity index (χ1v) is 8.84. The SMILES string of the molecule is COc1ccc2c(c1)ncn2-c1ccc2cccc(OCCN(C)C)c2n1. The van der Waals surface area contributed by atoms with Gasteiger partial charge in [-0.1, -0.05) is 12.1 Å². The smallest absolute Gasteiger partial charge is 0.145 e. The van der Waals surface area contributed by atoms with E-state index in [2.05, 4.69) is 16.0 Å². The van der Waals surface area contributed by atoms with E-state index in [-0.39, 0.29) is 0 Å². The molecule has 6 nitrogen and oxygen atoms in total. The summed E-state index contributed by atoms with van der Waals surface area (Å²) in [6.07, 6.45) is 1.79. The number of aromatic nitrogens is 3. The van der Waals surface area contributed by atoms with Crippen molar-refractivity contribution in [2.24, 2.45) is 0 Å². The minimum absolute atomic E-state index is 0.617. The molecule has 0 saturated heterocycles. The van der Waals surface area contributed by atoms with Crippen molar-refractivity contribution in [3.05, 3.63) is 54.9 Å². The third-order valence-electron chi connectivity index (χ3n) is 4.47. The second-order valence-electron chi connectivity index (χ2n) is 6.62. The van der Waals surface area contributed by atoms with E-state index >= 15 is 0 Å². The molecule has 0 radical (unpaired) electrons. The van der Waals surface area contributed by atoms with Crippen molar-refractivity contribution in [3.8, 4) is 17.3 Å². The number of benzene rings is 2. The molecule has 138 valence electrons. The molecule has 0 spiro atoms. The van der Waals surface area contributed by atoms with E-state index in [1.165, 1.54) is 0 Å². The molecule has 6 heteroatoms. The molecule has 0 unspecified atom stereocenters. The van der Waals surface area contributed by atoms with Crippen LogP contribution >= 0.6 is 0 Å². The molecule has 2 aromatic heterocycles. The largest absolute Gasteiger partial charge is 0.497 e. The van der Waals surface area contributed by atoms with E-state index in [0.717, 1.165) is 45.8 Å². The van der Waals surface area contributed by atoms with Crippen LogP contribution in [0.2, 0.25) is 0 Å². The number of hydrogen-bond acceptors (Lipinski definition) is 5. The quantitative estimate of drug-likeness (QED) is 0.525. The van der Waals surface area contributed by atoms with Crippen LogP contribution in [0.3, 0.4) is 0 Å². The molecule has 4 rings (SSSR count). The summed E-state index contributed by atoms with van der Waals surface area (Å²) in [5, 5.41) is 1.05. The fourth-order valence-electron chi connectivity index (χ4n) is 3.00. The first kappa shape index (κ1) is 17.3. The molecule has 0 aliphatic heterocycles. The summed E-state index contributed by atoms with van der Waals surface area (Å²) in [6, 6.07) is 15.9. The number of ether oxygens (including phenoxy) is 2. The Labute approximate surface area is 158 Å². The zero-order valence-corrected chi connectivity index (χ0v) is 15.7. The predicted octanol–water partition coefficient (Wildman–Crippen LogP) is 3.52. The van der Waals surface area contributed by atoms with Crippen LogP contribution in [0.1, 0.15) is 0 Å². The van der Waals surface area contributed by atoms with Gasteiger partial charge in [-0.2, -0.15) is 0 Å². The Kier molecular flexibility index (Phi) is 4.64. The highest BCUT2D eigenvalue weighted by Gasteiger charge is 2.10. The van der Waals surface area contributed by atoms with Gasteiger partial charge in [0.25, 0.3) is 0 Å². The van der Waals surface area contributed by atoms with Crippen molar-refractivity contribution >= 4 is 21.9 Å². The van der Waals surface area contributed by atoms with Crippen LogP contribution in [-0.2, 0) is 0 Å². The van der Waals surface area contributed by atoms with Crippen molar-refractivity contribution in [1.29, 1.82) is 0 Å². The van der Waals surface area contributed by atoms with Crippen LogP contribution in [0.15, 0.2) is 54.9 Å². The van der Waals surface area contributed by atoms with Crippen molar-refractivity contribution in [3.63, 3.8) is 0 Å². The first-order chi connectivity index (χ1) is 13.2. The maximum absolute atomic E-state index is 5.97. The van der Waals surface area contributed by atoms with Crippen LogP contribution in [0.5, 0.6) is 11.5 Å². The van der Waals surface area contributed by atoms with Gasteiger partial charge in [0, 0.05) is 18.0 Å². The van der Waals surface area contributed by atoms with Crippen molar-refractivity contribution in [2.45, 2.75) is 0 Å². The van der Waals surface area contributed by atoms with Gasteiger partial charge in [-0.05, 0) is 44.4 Å². The minimum atomic E-state index is 0.617. The standard InChI is InChI=1S/C21H22N4O2/c1-24(2)11-12-27-19-6-4-5-15-7-10-20(23-21(15)19)25-14-22-17-13-16(26-3)8-9-18(17)25/h4-10,13-14H,11-12H2,1-3H3. The highest BCUT2D eigenvalue weighted by atomic mass is 16.5. The summed E-state index contributed by atoms with van der Waals surface area (Å²) >= 11 is 0. The van der Waals surface area contributed by atoms with Gasteiger partial charge in [0.2, 0.25) is 0 Å². The average Bonchev–Trinajstić information content (AvgIpc) is 3.10. The summed E-state index contributed by atoms with van der Waals surface area (Å²) < 4.78 is 13.2. The topological polar surface area (TPSA) is 52.4 Å². The van der Waals surface area contributed by atoms with Gasteiger partial charge in [-0.15, -0.1) is 0 Å². The molecule has 4 aromatic rings. The number of pyridine rings is 1. The maximum Gasteiger partial charge on any atom is 0.145 e. The van der Waals surface area contributed by atoms with Gasteiger partial charge in [0.1, 0.15) is 35.8 Å². The number of rotatable bonds is 6. The normalized spacial score (nSPS) is 11.4. The number of imidazole rings is 1. The zero-order valence-electron chi connectivity index (χ0n) is 15.7. The molecule has 0 atom stereocenters. The van der Waals surface area contributed by atoms with Crippen molar-refractivity contribution in [2.75, 3.05) is 34.4 Å². The van der Waals surface area contributed by atoms with Gasteiger partial charge in [-0.3, -0.25) is 4.57 Å². The maximum atomic E-state index is 5.97. The average molecular weight is 362 g/mol. The van der Waals surface area contributed by atoms with Gasteiger partial charge in [-0.25, -0.2) is 9.97 Å². The summed E-state index contributed by atoms with van der Waals surface area (Å²) in [4.78, 5) is 11.4. The molecule has 0 bridgehead atoms. The number of hydrogen-bond donors (Lipinski definition) is 0. The molecule has 0 amide bonds. The Morgan fingerprint density at radius 1 is 1.07 bits per heavy atom. The fraction of sp³-hybridized carbons (Fsp3) is 0.238. The van der Waals surface area contributed by atoms with E-state index < -0.39 is 0 Å². The van der Waals surface area contributed by atoms with E-state index in [1.54, 1.807) is 13.4 Å². The van der Waals surface area contributed by atoms with E-state index in [0.29, 0.717) is 6.61 Å². The van der Waals surface area contributed by atoms with Gasteiger partial charge in [0.05, 0.1) is 18.1 Å². The lowest BCUT2D eigenvalue weighted by Gasteiger charge is -2.13. The van der Waals surface area contributed by atoms with Crippen LogP contribution in [-0.4, -0.2) is 53.8 Å². The number of para-hydroxylation sites is 1. The van der Waals surface area contributed by atoms with Crippen LogP contribution in [0.4, 0.5) is 0 Å². The molecule has 0 N–H and O–H groups in total. The minimum Gasteiger partial charge on any atom is -0.497 e. The molecule has 0 aliphatic rings. The van der Waals surface area contributed by atoms with E-state index in [1.807, 2.05) is 61.1 Å². The molecule has 0 saturated carbocycles. The molecule has 0 fully saturated rings. The number of nitrogens with zero attached hydrogens (tertiary/aromatic N) is 4. The van der Waals surface area contributed by atoms with E-state index in [9.17, 15) is 0 Å². The Morgan fingerprint density at radius 2 is 1.96 bits per heavy atom. The van der Waals surface area contributed by atoms with Crippen LogP contribution < -0.4 is 9.47 Å². The lowest BCUT2D eigenvalue weighted by molar-refractivity contribution is 0.263. The lowest BCUT2D eigenvalue weighted by Crippen LogP contribution is -2.19. The second kappa shape index (κ2) is 7.25. The fourth-order valence-corrected chi connectivity index (χ4v) is 3.00. The lowest BCUT2D eigenvalue weighted by atomic mass is 10.2. The third kappa shape index (κ3) is 3.44. The van der Waals surface area contributed by atoms with Crippen LogP contribution in [0, 0.1) is 0 Å². The monoisotopic (exact) mass is 362 g/mol. The van der Waals surface area contributed by atoms with Crippen molar-refractivity contribution in [1.82, 2.24) is 19.4 Å². The highest BCUT2D eigenvalue weighted by molar-refractivity contribution is 5.86. The first-order valence-electron chi connectivity index (χ1n) is 8.84. The third-order valence-corrected chi connectivity index (χ3v) is 4.47. The Morgan fingerprint density at radius 3 is 2.78 bits per heavy atom. The highest BCUT2D eigenvalue weighted by Crippen LogP contribution is 2.27. The molecular weight excluding hydrogens is 340 g/mol. The molecule has 2 heterocycles.